The van der Waals surface area contributed by atoms with E-state index in [1.807, 2.05) is 0 Å². The summed E-state index contributed by atoms with van der Waals surface area (Å²) < 4.78 is 78.0. The highest BCUT2D eigenvalue weighted by Gasteiger charge is 2.42. The van der Waals surface area contributed by atoms with Crippen LogP contribution in [0.2, 0.25) is 0 Å². The molecule has 3 aromatic rings. The van der Waals surface area contributed by atoms with E-state index in [9.17, 15) is 35.9 Å². The molecule has 0 radical (unpaired) electrons. The van der Waals surface area contributed by atoms with Gasteiger partial charge in [0, 0.05) is 22.9 Å². The molecule has 0 aliphatic heterocycles. The molecule has 0 saturated heterocycles. The van der Waals surface area contributed by atoms with E-state index in [4.69, 9.17) is 0 Å². The van der Waals surface area contributed by atoms with E-state index in [2.05, 4.69) is 10.4 Å². The SMILES string of the molecule is CC(=O)c1ccc(C(=O)Nc2ccc(-n3nc(C(F)(F)F)cc3C(F)(F)F)cc2)cc1. The van der Waals surface area contributed by atoms with Crippen LogP contribution in [0.15, 0.2) is 54.6 Å². The lowest BCUT2D eigenvalue weighted by Crippen LogP contribution is -2.14. The number of nitrogens with one attached hydrogen (secondary N) is 1. The van der Waals surface area contributed by atoms with Crippen molar-refractivity contribution in [2.24, 2.45) is 0 Å². The molecule has 0 atom stereocenters. The van der Waals surface area contributed by atoms with Gasteiger partial charge in [-0.25, -0.2) is 4.68 Å². The van der Waals surface area contributed by atoms with E-state index >= 15 is 0 Å². The van der Waals surface area contributed by atoms with Gasteiger partial charge in [-0.1, -0.05) is 12.1 Å². The van der Waals surface area contributed by atoms with Crippen molar-refractivity contribution < 1.29 is 35.9 Å². The molecule has 0 aliphatic rings. The van der Waals surface area contributed by atoms with Gasteiger partial charge in [0.25, 0.3) is 5.91 Å². The zero-order valence-electron chi connectivity index (χ0n) is 15.7. The van der Waals surface area contributed by atoms with Crippen LogP contribution in [0.1, 0.15) is 39.0 Å². The fourth-order valence-electron chi connectivity index (χ4n) is 2.66. The molecule has 1 heterocycles. The van der Waals surface area contributed by atoms with Crippen molar-refractivity contribution in [2.75, 3.05) is 5.32 Å². The van der Waals surface area contributed by atoms with Crippen LogP contribution < -0.4 is 5.32 Å². The fourth-order valence-corrected chi connectivity index (χ4v) is 2.66. The van der Waals surface area contributed by atoms with E-state index in [0.717, 1.165) is 12.1 Å². The van der Waals surface area contributed by atoms with Crippen molar-refractivity contribution in [3.8, 4) is 5.69 Å². The second-order valence-electron chi connectivity index (χ2n) is 6.46. The number of halogens is 6. The molecule has 0 spiro atoms. The number of rotatable bonds is 4. The molecular formula is C20H13F6N3O2. The predicted octanol–water partition coefficient (Wildman–Crippen LogP) is 5.36. The number of Topliss-reactive ketones (excluding diaryl/α,β-unsaturated/α-hetero) is 1. The molecular weight excluding hydrogens is 428 g/mol. The van der Waals surface area contributed by atoms with E-state index in [0.29, 0.717) is 5.56 Å². The zero-order valence-corrected chi connectivity index (χ0v) is 15.7. The minimum Gasteiger partial charge on any atom is -0.322 e. The third-order valence-corrected chi connectivity index (χ3v) is 4.21. The molecule has 0 fully saturated rings. The third kappa shape index (κ3) is 4.93. The van der Waals surface area contributed by atoms with Crippen LogP contribution in [-0.2, 0) is 12.4 Å². The topological polar surface area (TPSA) is 64.0 Å². The van der Waals surface area contributed by atoms with Crippen LogP contribution in [0.3, 0.4) is 0 Å². The second-order valence-corrected chi connectivity index (χ2v) is 6.46. The summed E-state index contributed by atoms with van der Waals surface area (Å²) in [6, 6.07) is 10.4. The van der Waals surface area contributed by atoms with Gasteiger partial charge in [0.15, 0.2) is 11.5 Å². The Balaban J connectivity index is 1.84. The summed E-state index contributed by atoms with van der Waals surface area (Å²) in [5, 5.41) is 5.54. The summed E-state index contributed by atoms with van der Waals surface area (Å²) in [4.78, 5) is 23.5. The predicted molar refractivity (Wildman–Crippen MR) is 98.0 cm³/mol. The molecule has 0 aliphatic carbocycles. The lowest BCUT2D eigenvalue weighted by molar-refractivity contribution is -0.143. The summed E-state index contributed by atoms with van der Waals surface area (Å²) >= 11 is 0. The number of hydrogen-bond donors (Lipinski definition) is 1. The Morgan fingerprint density at radius 2 is 1.39 bits per heavy atom. The number of ketones is 1. The lowest BCUT2D eigenvalue weighted by atomic mass is 10.1. The first kappa shape index (κ1) is 22.1. The largest absolute Gasteiger partial charge is 0.435 e. The van der Waals surface area contributed by atoms with Crippen LogP contribution in [-0.4, -0.2) is 21.5 Å². The summed E-state index contributed by atoms with van der Waals surface area (Å²) in [5.74, 6) is -0.717. The molecule has 1 amide bonds. The number of carbonyl (C=O) groups excluding carboxylic acids is 2. The molecule has 2 aromatic carbocycles. The maximum Gasteiger partial charge on any atom is 0.435 e. The monoisotopic (exact) mass is 441 g/mol. The summed E-state index contributed by atoms with van der Waals surface area (Å²) in [7, 11) is 0. The van der Waals surface area contributed by atoms with Gasteiger partial charge in [-0.05, 0) is 43.3 Å². The highest BCUT2D eigenvalue weighted by atomic mass is 19.4. The molecule has 162 valence electrons. The minimum atomic E-state index is -5.06. The number of aromatic nitrogens is 2. The van der Waals surface area contributed by atoms with Crippen molar-refractivity contribution in [1.82, 2.24) is 9.78 Å². The van der Waals surface area contributed by atoms with Crippen LogP contribution in [0.5, 0.6) is 0 Å². The van der Waals surface area contributed by atoms with Gasteiger partial charge in [0.1, 0.15) is 5.69 Å². The molecule has 1 aromatic heterocycles. The number of alkyl halides is 6. The van der Waals surface area contributed by atoms with Crippen LogP contribution in [0, 0.1) is 0 Å². The number of nitrogens with zero attached hydrogens (tertiary/aromatic N) is 2. The Morgan fingerprint density at radius 3 is 1.87 bits per heavy atom. The van der Waals surface area contributed by atoms with Gasteiger partial charge in [0.05, 0.1) is 5.69 Å². The first-order valence-electron chi connectivity index (χ1n) is 8.63. The van der Waals surface area contributed by atoms with E-state index in [-0.39, 0.29) is 33.5 Å². The Morgan fingerprint density at radius 1 is 0.839 bits per heavy atom. The maximum absolute atomic E-state index is 13.1. The van der Waals surface area contributed by atoms with Crippen LogP contribution in [0.4, 0.5) is 32.0 Å². The Labute approximate surface area is 171 Å². The lowest BCUT2D eigenvalue weighted by Gasteiger charge is -2.11. The average molecular weight is 441 g/mol. The highest BCUT2D eigenvalue weighted by Crippen LogP contribution is 2.36. The molecule has 0 unspecified atom stereocenters. The smallest absolute Gasteiger partial charge is 0.322 e. The summed E-state index contributed by atoms with van der Waals surface area (Å²) in [5.41, 5.74) is -2.68. The van der Waals surface area contributed by atoms with Crippen molar-refractivity contribution in [1.29, 1.82) is 0 Å². The minimum absolute atomic E-state index is 0.0691. The number of amides is 1. The van der Waals surface area contributed by atoms with Gasteiger partial charge in [-0.3, -0.25) is 9.59 Å². The number of benzene rings is 2. The van der Waals surface area contributed by atoms with E-state index in [1.165, 1.54) is 43.3 Å². The molecule has 31 heavy (non-hydrogen) atoms. The van der Waals surface area contributed by atoms with Crippen LogP contribution >= 0.6 is 0 Å². The van der Waals surface area contributed by atoms with E-state index < -0.39 is 29.6 Å². The third-order valence-electron chi connectivity index (χ3n) is 4.21. The normalized spacial score (nSPS) is 12.0. The Hall–Kier alpha value is -3.63. The van der Waals surface area contributed by atoms with Gasteiger partial charge < -0.3 is 5.32 Å². The number of hydrogen-bond acceptors (Lipinski definition) is 3. The number of carbonyl (C=O) groups is 2. The Bertz CT molecular complexity index is 1110. The fraction of sp³-hybridized carbons (Fsp3) is 0.150. The van der Waals surface area contributed by atoms with Gasteiger partial charge >= 0.3 is 12.4 Å². The standard InChI is InChI=1S/C20H13F6N3O2/c1-11(30)12-2-4-13(5-3-12)18(31)27-14-6-8-15(9-7-14)29-17(20(24,25)26)10-16(28-29)19(21,22)23/h2-10H,1H3,(H,27,31). The van der Waals surface area contributed by atoms with Crippen LogP contribution in [0.25, 0.3) is 5.69 Å². The quantitative estimate of drug-likeness (QED) is 0.438. The zero-order chi connectivity index (χ0) is 23.0. The average Bonchev–Trinajstić information content (AvgIpc) is 3.15. The maximum atomic E-state index is 13.1. The summed E-state index contributed by atoms with van der Waals surface area (Å²) in [6.45, 7) is 1.37. The number of anilines is 1. The summed E-state index contributed by atoms with van der Waals surface area (Å²) in [6.07, 6.45) is -10.1. The first-order valence-corrected chi connectivity index (χ1v) is 8.63. The van der Waals surface area contributed by atoms with Crippen molar-refractivity contribution in [3.63, 3.8) is 0 Å². The Kier molecular flexibility index (Phi) is 5.62. The molecule has 0 bridgehead atoms. The van der Waals surface area contributed by atoms with Crippen molar-refractivity contribution in [2.45, 2.75) is 19.3 Å². The van der Waals surface area contributed by atoms with Gasteiger partial charge in [0.2, 0.25) is 0 Å². The molecule has 5 nitrogen and oxygen atoms in total. The first-order chi connectivity index (χ1) is 14.4. The molecule has 1 N–H and O–H groups in total. The van der Waals surface area contributed by atoms with Crippen molar-refractivity contribution >= 4 is 17.4 Å². The molecule has 11 heteroatoms. The van der Waals surface area contributed by atoms with Crippen molar-refractivity contribution in [3.05, 3.63) is 77.1 Å². The van der Waals surface area contributed by atoms with Gasteiger partial charge in [-0.2, -0.15) is 31.4 Å². The van der Waals surface area contributed by atoms with E-state index in [1.54, 1.807) is 0 Å². The molecule has 3 rings (SSSR count). The highest BCUT2D eigenvalue weighted by molar-refractivity contribution is 6.05. The molecule has 0 saturated carbocycles. The van der Waals surface area contributed by atoms with Gasteiger partial charge in [-0.15, -0.1) is 0 Å². The second kappa shape index (κ2) is 7.89.